The van der Waals surface area contributed by atoms with E-state index >= 15 is 0 Å². The zero-order chi connectivity index (χ0) is 21.4. The SMILES string of the molecule is CC(C(=O)N(C)c1ccccc1)N1CCOCCOCCNCCOCCOCC1. The molecular formula is C22H37N3O5. The molecule has 8 heteroatoms. The van der Waals surface area contributed by atoms with Gasteiger partial charge < -0.3 is 29.2 Å². The molecule has 2 rings (SSSR count). The molecule has 0 radical (unpaired) electrons. The zero-order valence-corrected chi connectivity index (χ0v) is 18.4. The molecule has 1 aromatic rings. The maximum Gasteiger partial charge on any atom is 0.243 e. The fourth-order valence-corrected chi connectivity index (χ4v) is 3.14. The van der Waals surface area contributed by atoms with Gasteiger partial charge >= 0.3 is 0 Å². The summed E-state index contributed by atoms with van der Waals surface area (Å²) in [5.74, 6) is 0.0440. The summed E-state index contributed by atoms with van der Waals surface area (Å²) in [7, 11) is 1.81. The largest absolute Gasteiger partial charge is 0.378 e. The number of carbonyl (C=O) groups excluding carboxylic acids is 1. The highest BCUT2D eigenvalue weighted by atomic mass is 16.5. The van der Waals surface area contributed by atoms with E-state index in [0.717, 1.165) is 18.8 Å². The minimum atomic E-state index is -0.286. The van der Waals surface area contributed by atoms with Gasteiger partial charge in [0.2, 0.25) is 5.91 Å². The van der Waals surface area contributed by atoms with Gasteiger partial charge in [-0.3, -0.25) is 9.69 Å². The van der Waals surface area contributed by atoms with E-state index < -0.39 is 0 Å². The number of nitrogens with zero attached hydrogens (tertiary/aromatic N) is 2. The van der Waals surface area contributed by atoms with Crippen molar-refractivity contribution < 1.29 is 23.7 Å². The minimum Gasteiger partial charge on any atom is -0.378 e. The Balaban J connectivity index is 1.88. The second kappa shape index (κ2) is 15.3. The molecule has 0 aromatic heterocycles. The van der Waals surface area contributed by atoms with Crippen molar-refractivity contribution in [2.45, 2.75) is 13.0 Å². The maximum absolute atomic E-state index is 13.0. The van der Waals surface area contributed by atoms with Crippen molar-refractivity contribution in [1.82, 2.24) is 10.2 Å². The van der Waals surface area contributed by atoms with E-state index in [1.807, 2.05) is 44.3 Å². The number of para-hydroxylation sites is 1. The van der Waals surface area contributed by atoms with Gasteiger partial charge in [0, 0.05) is 38.9 Å². The molecule has 0 saturated carbocycles. The Morgan fingerprint density at radius 2 is 1.37 bits per heavy atom. The predicted octanol–water partition coefficient (Wildman–Crippen LogP) is 1.01. The van der Waals surface area contributed by atoms with Crippen LogP contribution in [0.2, 0.25) is 0 Å². The number of ether oxygens (including phenoxy) is 4. The van der Waals surface area contributed by atoms with Gasteiger partial charge in [-0.2, -0.15) is 0 Å². The van der Waals surface area contributed by atoms with Crippen LogP contribution in [0.4, 0.5) is 5.69 Å². The molecule has 0 bridgehead atoms. The van der Waals surface area contributed by atoms with Crippen LogP contribution in [0.15, 0.2) is 30.3 Å². The molecule has 170 valence electrons. The van der Waals surface area contributed by atoms with E-state index in [1.165, 1.54) is 0 Å². The highest BCUT2D eigenvalue weighted by molar-refractivity contribution is 5.96. The molecule has 1 heterocycles. The van der Waals surface area contributed by atoms with E-state index in [2.05, 4.69) is 10.2 Å². The summed E-state index contributed by atoms with van der Waals surface area (Å²) >= 11 is 0. The van der Waals surface area contributed by atoms with Crippen LogP contribution in [0.5, 0.6) is 0 Å². The number of nitrogens with one attached hydrogen (secondary N) is 1. The zero-order valence-electron chi connectivity index (χ0n) is 18.4. The van der Waals surface area contributed by atoms with Gasteiger partial charge in [0.05, 0.1) is 58.9 Å². The smallest absolute Gasteiger partial charge is 0.243 e. The topological polar surface area (TPSA) is 72.5 Å². The third-order valence-corrected chi connectivity index (χ3v) is 5.02. The van der Waals surface area contributed by atoms with E-state index in [4.69, 9.17) is 18.9 Å². The number of anilines is 1. The van der Waals surface area contributed by atoms with E-state index in [-0.39, 0.29) is 11.9 Å². The lowest BCUT2D eigenvalue weighted by atomic mass is 10.2. The van der Waals surface area contributed by atoms with Crippen LogP contribution in [-0.2, 0) is 23.7 Å². The molecule has 0 spiro atoms. The number of carbonyl (C=O) groups is 1. The maximum atomic E-state index is 13.0. The summed E-state index contributed by atoms with van der Waals surface area (Å²) in [6.45, 7) is 9.41. The Labute approximate surface area is 180 Å². The molecule has 1 N–H and O–H groups in total. The van der Waals surface area contributed by atoms with Gasteiger partial charge in [-0.1, -0.05) is 18.2 Å². The van der Waals surface area contributed by atoms with Crippen molar-refractivity contribution in [2.24, 2.45) is 0 Å². The number of benzene rings is 1. The molecular weight excluding hydrogens is 386 g/mol. The van der Waals surface area contributed by atoms with Gasteiger partial charge in [0.25, 0.3) is 0 Å². The number of rotatable bonds is 3. The molecule has 1 atom stereocenters. The first-order chi connectivity index (χ1) is 14.7. The summed E-state index contributed by atoms with van der Waals surface area (Å²) < 4.78 is 22.5. The Bertz CT molecular complexity index is 557. The van der Waals surface area contributed by atoms with Gasteiger partial charge in [-0.15, -0.1) is 0 Å². The van der Waals surface area contributed by atoms with Crippen molar-refractivity contribution in [3.05, 3.63) is 30.3 Å². The highest BCUT2D eigenvalue weighted by Gasteiger charge is 2.24. The lowest BCUT2D eigenvalue weighted by molar-refractivity contribution is -0.123. The molecule has 1 aliphatic rings. The van der Waals surface area contributed by atoms with Crippen LogP contribution < -0.4 is 10.2 Å². The lowest BCUT2D eigenvalue weighted by Crippen LogP contribution is -2.48. The number of hydrogen-bond acceptors (Lipinski definition) is 7. The lowest BCUT2D eigenvalue weighted by Gasteiger charge is -2.31. The fourth-order valence-electron chi connectivity index (χ4n) is 3.14. The van der Waals surface area contributed by atoms with E-state index in [1.54, 1.807) is 4.90 Å². The van der Waals surface area contributed by atoms with Crippen molar-refractivity contribution in [2.75, 3.05) is 91.0 Å². The molecule has 1 amide bonds. The number of hydrogen-bond donors (Lipinski definition) is 1. The van der Waals surface area contributed by atoms with Gasteiger partial charge in [0.15, 0.2) is 0 Å². The van der Waals surface area contributed by atoms with Crippen molar-refractivity contribution >= 4 is 11.6 Å². The van der Waals surface area contributed by atoms with Gasteiger partial charge in [-0.05, 0) is 19.1 Å². The Hall–Kier alpha value is -1.55. The van der Waals surface area contributed by atoms with Gasteiger partial charge in [0.1, 0.15) is 0 Å². The summed E-state index contributed by atoms with van der Waals surface area (Å²) in [5, 5.41) is 3.27. The van der Waals surface area contributed by atoms with Crippen LogP contribution >= 0.6 is 0 Å². The van der Waals surface area contributed by atoms with Crippen LogP contribution in [0.25, 0.3) is 0 Å². The van der Waals surface area contributed by atoms with Crippen LogP contribution in [0.3, 0.4) is 0 Å². The van der Waals surface area contributed by atoms with E-state index in [9.17, 15) is 4.79 Å². The first-order valence-corrected chi connectivity index (χ1v) is 10.8. The first kappa shape index (κ1) is 24.7. The normalized spacial score (nSPS) is 20.6. The third-order valence-electron chi connectivity index (χ3n) is 5.02. The predicted molar refractivity (Wildman–Crippen MR) is 117 cm³/mol. The Morgan fingerprint density at radius 1 is 0.867 bits per heavy atom. The van der Waals surface area contributed by atoms with Crippen molar-refractivity contribution in [3.63, 3.8) is 0 Å². The number of amides is 1. The molecule has 1 saturated heterocycles. The van der Waals surface area contributed by atoms with Crippen LogP contribution in [0, 0.1) is 0 Å². The van der Waals surface area contributed by atoms with Gasteiger partial charge in [-0.25, -0.2) is 0 Å². The standard InChI is InChI=1S/C22H37N3O5/c1-20(22(26)24(2)21-6-4-3-5-7-21)25-10-14-29-18-16-27-12-8-23-9-13-28-17-19-30-15-11-25/h3-7,20,23H,8-19H2,1-2H3. The monoisotopic (exact) mass is 423 g/mol. The van der Waals surface area contributed by atoms with Crippen molar-refractivity contribution in [1.29, 1.82) is 0 Å². The molecule has 1 unspecified atom stereocenters. The van der Waals surface area contributed by atoms with Crippen LogP contribution in [-0.4, -0.2) is 103 Å². The first-order valence-electron chi connectivity index (χ1n) is 10.8. The minimum absolute atomic E-state index is 0.0440. The Morgan fingerprint density at radius 3 is 1.90 bits per heavy atom. The third kappa shape index (κ3) is 9.51. The molecule has 1 aromatic carbocycles. The summed E-state index contributed by atoms with van der Waals surface area (Å²) in [5.41, 5.74) is 0.882. The van der Waals surface area contributed by atoms with Crippen molar-refractivity contribution in [3.8, 4) is 0 Å². The van der Waals surface area contributed by atoms with Crippen LogP contribution in [0.1, 0.15) is 6.92 Å². The summed E-state index contributed by atoms with van der Waals surface area (Å²) in [4.78, 5) is 16.8. The summed E-state index contributed by atoms with van der Waals surface area (Å²) in [6.07, 6.45) is 0. The second-order valence-electron chi connectivity index (χ2n) is 7.14. The molecule has 1 fully saturated rings. The fraction of sp³-hybridized carbons (Fsp3) is 0.682. The Kier molecular flexibility index (Phi) is 12.6. The molecule has 30 heavy (non-hydrogen) atoms. The average molecular weight is 424 g/mol. The molecule has 8 nitrogen and oxygen atoms in total. The number of likely N-dealkylation sites (N-methyl/N-ethyl adjacent to an activating group) is 1. The summed E-state index contributed by atoms with van der Waals surface area (Å²) in [6, 6.07) is 9.40. The second-order valence-corrected chi connectivity index (χ2v) is 7.14. The molecule has 0 aliphatic carbocycles. The highest BCUT2D eigenvalue weighted by Crippen LogP contribution is 2.14. The molecule has 1 aliphatic heterocycles. The quantitative estimate of drug-likeness (QED) is 0.778. The average Bonchev–Trinajstić information content (AvgIpc) is 2.78. The van der Waals surface area contributed by atoms with E-state index in [0.29, 0.717) is 65.9 Å².